The summed E-state index contributed by atoms with van der Waals surface area (Å²) in [6, 6.07) is 5.94. The smallest absolute Gasteiger partial charge is 0.328 e. The van der Waals surface area contributed by atoms with E-state index in [1.165, 1.54) is 6.07 Å². The topological polar surface area (TPSA) is 38.3 Å². The summed E-state index contributed by atoms with van der Waals surface area (Å²) in [5.74, 6) is -0.366. The zero-order chi connectivity index (χ0) is 12.3. The quantitative estimate of drug-likeness (QED) is 0.800. The molecule has 1 N–H and O–H groups in total. The lowest BCUT2D eigenvalue weighted by Gasteiger charge is -2.18. The Kier molecular flexibility index (Phi) is 3.61. The number of para-hydroxylation sites is 1. The van der Waals surface area contributed by atoms with Crippen LogP contribution >= 0.6 is 0 Å². The molecule has 92 valence electrons. The number of hydrogen-bond acceptors (Lipinski definition) is 3. The first-order chi connectivity index (χ1) is 8.22. The van der Waals surface area contributed by atoms with Gasteiger partial charge in [-0.15, -0.1) is 0 Å². The molecular weight excluding hydrogens is 221 g/mol. The van der Waals surface area contributed by atoms with Crippen molar-refractivity contribution in [2.24, 2.45) is 5.92 Å². The van der Waals surface area contributed by atoms with Crippen molar-refractivity contribution in [1.82, 2.24) is 0 Å². The summed E-state index contributed by atoms with van der Waals surface area (Å²) in [5, 5.41) is 2.94. The monoisotopic (exact) mass is 237 g/mol. The molecule has 1 aromatic rings. The van der Waals surface area contributed by atoms with E-state index in [1.54, 1.807) is 25.1 Å². The van der Waals surface area contributed by atoms with Crippen molar-refractivity contribution in [2.45, 2.75) is 25.8 Å². The zero-order valence-electron chi connectivity index (χ0n) is 9.78. The van der Waals surface area contributed by atoms with Crippen LogP contribution in [0.3, 0.4) is 0 Å². The normalized spacial score (nSPS) is 16.4. The summed E-state index contributed by atoms with van der Waals surface area (Å²) in [6.45, 7) is 2.12. The third-order valence-electron chi connectivity index (χ3n) is 2.82. The van der Waals surface area contributed by atoms with Crippen molar-refractivity contribution in [3.05, 3.63) is 30.1 Å². The third-order valence-corrected chi connectivity index (χ3v) is 2.82. The van der Waals surface area contributed by atoms with Crippen LogP contribution in [0.15, 0.2) is 24.3 Å². The van der Waals surface area contributed by atoms with Crippen molar-refractivity contribution in [3.63, 3.8) is 0 Å². The maximum absolute atomic E-state index is 13.5. The number of nitrogens with one attached hydrogen (secondary N) is 1. The van der Waals surface area contributed by atoms with Gasteiger partial charge >= 0.3 is 5.97 Å². The number of halogens is 1. The van der Waals surface area contributed by atoms with E-state index in [4.69, 9.17) is 4.74 Å². The highest BCUT2D eigenvalue weighted by molar-refractivity contribution is 5.80. The molecule has 1 saturated carbocycles. The second-order valence-corrected chi connectivity index (χ2v) is 4.19. The Labute approximate surface area is 100.0 Å². The van der Waals surface area contributed by atoms with Gasteiger partial charge in [-0.1, -0.05) is 12.1 Å². The third kappa shape index (κ3) is 2.96. The van der Waals surface area contributed by atoms with Crippen molar-refractivity contribution in [2.75, 3.05) is 11.9 Å². The van der Waals surface area contributed by atoms with Crippen LogP contribution in [-0.4, -0.2) is 18.6 Å². The molecule has 1 aliphatic rings. The molecule has 1 unspecified atom stereocenters. The molecule has 0 amide bonds. The van der Waals surface area contributed by atoms with Gasteiger partial charge in [0.1, 0.15) is 11.9 Å². The number of esters is 1. The summed E-state index contributed by atoms with van der Waals surface area (Å²) in [7, 11) is 0. The SMILES string of the molecule is CCOC(=O)C(Nc1ccccc1F)C1CC1. The highest BCUT2D eigenvalue weighted by atomic mass is 19.1. The van der Waals surface area contributed by atoms with E-state index in [-0.39, 0.29) is 17.7 Å². The number of carbonyl (C=O) groups is 1. The van der Waals surface area contributed by atoms with Crippen LogP contribution in [0.4, 0.5) is 10.1 Å². The van der Waals surface area contributed by atoms with Crippen LogP contribution in [0, 0.1) is 11.7 Å². The average molecular weight is 237 g/mol. The lowest BCUT2D eigenvalue weighted by molar-refractivity contribution is -0.144. The van der Waals surface area contributed by atoms with Crippen molar-refractivity contribution in [1.29, 1.82) is 0 Å². The Morgan fingerprint density at radius 3 is 2.82 bits per heavy atom. The molecule has 0 saturated heterocycles. The largest absolute Gasteiger partial charge is 0.464 e. The Bertz CT molecular complexity index is 404. The van der Waals surface area contributed by atoms with Gasteiger partial charge in [0, 0.05) is 0 Å². The highest BCUT2D eigenvalue weighted by Gasteiger charge is 2.37. The van der Waals surface area contributed by atoms with E-state index in [0.717, 1.165) is 12.8 Å². The molecule has 0 aromatic heterocycles. The van der Waals surface area contributed by atoms with E-state index >= 15 is 0 Å². The Morgan fingerprint density at radius 2 is 2.24 bits per heavy atom. The predicted molar refractivity (Wildman–Crippen MR) is 63.2 cm³/mol. The number of rotatable bonds is 5. The maximum atomic E-state index is 13.5. The van der Waals surface area contributed by atoms with Gasteiger partial charge in [-0.3, -0.25) is 0 Å². The molecule has 3 nitrogen and oxygen atoms in total. The van der Waals surface area contributed by atoms with Crippen LogP contribution in [-0.2, 0) is 9.53 Å². The van der Waals surface area contributed by atoms with Gasteiger partial charge < -0.3 is 10.1 Å². The summed E-state index contributed by atoms with van der Waals surface area (Å²) < 4.78 is 18.5. The van der Waals surface area contributed by atoms with Gasteiger partial charge in [-0.2, -0.15) is 0 Å². The first kappa shape index (κ1) is 11.9. The van der Waals surface area contributed by atoms with Gasteiger partial charge in [0.2, 0.25) is 0 Å². The van der Waals surface area contributed by atoms with Gasteiger partial charge in [0.05, 0.1) is 12.3 Å². The second kappa shape index (κ2) is 5.17. The zero-order valence-corrected chi connectivity index (χ0v) is 9.78. The fraction of sp³-hybridized carbons (Fsp3) is 0.462. The van der Waals surface area contributed by atoms with Crippen LogP contribution in [0.1, 0.15) is 19.8 Å². The molecule has 0 bridgehead atoms. The van der Waals surface area contributed by atoms with E-state index < -0.39 is 6.04 Å². The van der Waals surface area contributed by atoms with Crippen LogP contribution in [0.25, 0.3) is 0 Å². The minimum absolute atomic E-state index is 0.272. The molecular formula is C13H16FNO2. The summed E-state index contributed by atoms with van der Waals surface area (Å²) >= 11 is 0. The number of carbonyl (C=O) groups excluding carboxylic acids is 1. The van der Waals surface area contributed by atoms with Gasteiger partial charge in [0.15, 0.2) is 0 Å². The van der Waals surface area contributed by atoms with E-state index in [9.17, 15) is 9.18 Å². The minimum Gasteiger partial charge on any atom is -0.464 e. The molecule has 1 aromatic carbocycles. The molecule has 1 atom stereocenters. The van der Waals surface area contributed by atoms with Crippen molar-refractivity contribution >= 4 is 11.7 Å². The molecule has 1 fully saturated rings. The standard InChI is InChI=1S/C13H16FNO2/c1-2-17-13(16)12(9-7-8-9)15-11-6-4-3-5-10(11)14/h3-6,9,12,15H,2,7-8H2,1H3. The Morgan fingerprint density at radius 1 is 1.53 bits per heavy atom. The molecule has 0 aliphatic heterocycles. The molecule has 0 spiro atoms. The minimum atomic E-state index is -0.424. The van der Waals surface area contributed by atoms with E-state index in [0.29, 0.717) is 12.3 Å². The second-order valence-electron chi connectivity index (χ2n) is 4.19. The molecule has 4 heteroatoms. The first-order valence-corrected chi connectivity index (χ1v) is 5.90. The van der Waals surface area contributed by atoms with Crippen molar-refractivity contribution in [3.8, 4) is 0 Å². The highest BCUT2D eigenvalue weighted by Crippen LogP contribution is 2.35. The van der Waals surface area contributed by atoms with Crippen LogP contribution < -0.4 is 5.32 Å². The van der Waals surface area contributed by atoms with Crippen LogP contribution in [0.5, 0.6) is 0 Å². The van der Waals surface area contributed by atoms with Gasteiger partial charge in [0.25, 0.3) is 0 Å². The summed E-state index contributed by atoms with van der Waals surface area (Å²) in [6.07, 6.45) is 1.98. The van der Waals surface area contributed by atoms with Gasteiger partial charge in [-0.25, -0.2) is 9.18 Å². The Balaban J connectivity index is 2.08. The Hall–Kier alpha value is -1.58. The fourth-order valence-corrected chi connectivity index (χ4v) is 1.78. The molecule has 0 radical (unpaired) electrons. The number of benzene rings is 1. The molecule has 2 rings (SSSR count). The maximum Gasteiger partial charge on any atom is 0.328 e. The molecule has 0 heterocycles. The predicted octanol–water partition coefficient (Wildman–Crippen LogP) is 2.58. The summed E-state index contributed by atoms with van der Waals surface area (Å²) in [5.41, 5.74) is 0.359. The first-order valence-electron chi connectivity index (χ1n) is 5.90. The fourth-order valence-electron chi connectivity index (χ4n) is 1.78. The summed E-state index contributed by atoms with van der Waals surface area (Å²) in [4.78, 5) is 11.7. The average Bonchev–Trinajstić information content (AvgIpc) is 3.12. The number of hydrogen-bond donors (Lipinski definition) is 1. The molecule has 1 aliphatic carbocycles. The lowest BCUT2D eigenvalue weighted by atomic mass is 10.1. The lowest BCUT2D eigenvalue weighted by Crippen LogP contribution is -2.33. The van der Waals surface area contributed by atoms with Gasteiger partial charge in [-0.05, 0) is 37.8 Å². The number of anilines is 1. The van der Waals surface area contributed by atoms with Crippen molar-refractivity contribution < 1.29 is 13.9 Å². The van der Waals surface area contributed by atoms with Crippen LogP contribution in [0.2, 0.25) is 0 Å². The number of ether oxygens (including phenoxy) is 1. The molecule has 17 heavy (non-hydrogen) atoms. The van der Waals surface area contributed by atoms with E-state index in [2.05, 4.69) is 5.32 Å². The van der Waals surface area contributed by atoms with E-state index in [1.807, 2.05) is 0 Å².